The molecular weight excluding hydrogens is 406 g/mol. The number of ether oxygens (including phenoxy) is 1. The highest BCUT2D eigenvalue weighted by Crippen LogP contribution is 2.33. The van der Waals surface area contributed by atoms with Crippen LogP contribution in [0.3, 0.4) is 0 Å². The van der Waals surface area contributed by atoms with Crippen molar-refractivity contribution >= 4 is 44.2 Å². The van der Waals surface area contributed by atoms with Crippen LogP contribution in [0.1, 0.15) is 11.1 Å². The van der Waals surface area contributed by atoms with Crippen molar-refractivity contribution < 1.29 is 9.53 Å². The van der Waals surface area contributed by atoms with Crippen LogP contribution in [0.15, 0.2) is 67.0 Å². The number of pyridine rings is 1. The van der Waals surface area contributed by atoms with E-state index >= 15 is 0 Å². The van der Waals surface area contributed by atoms with Gasteiger partial charge in [0.05, 0.1) is 16.8 Å². The number of hydrogen-bond acceptors (Lipinski definition) is 5. The van der Waals surface area contributed by atoms with Crippen molar-refractivity contribution in [3.05, 3.63) is 83.1 Å². The van der Waals surface area contributed by atoms with E-state index in [1.165, 1.54) is 11.3 Å². The zero-order valence-electron chi connectivity index (χ0n) is 15.7. The number of carbonyl (C=O) groups excluding carboxylic acids is 1. The van der Waals surface area contributed by atoms with E-state index < -0.39 is 0 Å². The third-order valence-electron chi connectivity index (χ3n) is 4.34. The Kier molecular flexibility index (Phi) is 5.74. The van der Waals surface area contributed by atoms with E-state index in [4.69, 9.17) is 21.3 Å². The molecule has 1 amide bonds. The van der Waals surface area contributed by atoms with Gasteiger partial charge in [0.15, 0.2) is 11.7 Å². The number of fused-ring (bicyclic) bond motifs is 1. The SMILES string of the molecule is Cc1cc(Cl)cc2sc(N(Cc3cccnc3)C(=O)COc3ccccc3)nc12. The molecular formula is C22H18ClN3O2S. The van der Waals surface area contributed by atoms with Gasteiger partial charge < -0.3 is 4.74 Å². The summed E-state index contributed by atoms with van der Waals surface area (Å²) in [5.41, 5.74) is 2.74. The van der Waals surface area contributed by atoms with Crippen LogP contribution in [0.2, 0.25) is 5.02 Å². The van der Waals surface area contributed by atoms with Crippen molar-refractivity contribution in [3.63, 3.8) is 0 Å². The van der Waals surface area contributed by atoms with Crippen molar-refractivity contribution in [1.29, 1.82) is 0 Å². The summed E-state index contributed by atoms with van der Waals surface area (Å²) in [7, 11) is 0. The van der Waals surface area contributed by atoms with E-state index in [1.807, 2.05) is 61.5 Å². The number of aryl methyl sites for hydroxylation is 1. The van der Waals surface area contributed by atoms with Gasteiger partial charge in [0.2, 0.25) is 0 Å². The number of hydrogen-bond donors (Lipinski definition) is 0. The number of anilines is 1. The molecule has 0 aliphatic carbocycles. The molecule has 4 rings (SSSR count). The minimum absolute atomic E-state index is 0.0834. The molecule has 0 aliphatic heterocycles. The highest BCUT2D eigenvalue weighted by molar-refractivity contribution is 7.22. The largest absolute Gasteiger partial charge is 0.484 e. The summed E-state index contributed by atoms with van der Waals surface area (Å²) in [6, 6.07) is 16.8. The van der Waals surface area contributed by atoms with Crippen LogP contribution in [0.5, 0.6) is 5.75 Å². The maximum atomic E-state index is 13.1. The maximum Gasteiger partial charge on any atom is 0.267 e. The van der Waals surface area contributed by atoms with Crippen molar-refractivity contribution in [2.75, 3.05) is 11.5 Å². The van der Waals surface area contributed by atoms with Crippen LogP contribution >= 0.6 is 22.9 Å². The summed E-state index contributed by atoms with van der Waals surface area (Å²) in [6.07, 6.45) is 3.45. The molecule has 0 unspecified atom stereocenters. The molecule has 0 N–H and O–H groups in total. The lowest BCUT2D eigenvalue weighted by molar-refractivity contribution is -0.120. The summed E-state index contributed by atoms with van der Waals surface area (Å²) < 4.78 is 6.62. The van der Waals surface area contributed by atoms with Crippen LogP contribution in [-0.4, -0.2) is 22.5 Å². The molecule has 0 atom stereocenters. The quantitative estimate of drug-likeness (QED) is 0.424. The number of nitrogens with zero attached hydrogens (tertiary/aromatic N) is 3. The first-order valence-corrected chi connectivity index (χ1v) is 10.2. The van der Waals surface area contributed by atoms with Gasteiger partial charge in [0.1, 0.15) is 5.75 Å². The third-order valence-corrected chi connectivity index (χ3v) is 5.58. The van der Waals surface area contributed by atoms with E-state index in [-0.39, 0.29) is 12.5 Å². The predicted octanol–water partition coefficient (Wildman–Crippen LogP) is 5.27. The number of rotatable bonds is 6. The normalized spacial score (nSPS) is 10.8. The van der Waals surface area contributed by atoms with E-state index in [2.05, 4.69) is 4.98 Å². The topological polar surface area (TPSA) is 55.3 Å². The van der Waals surface area contributed by atoms with Crippen molar-refractivity contribution in [1.82, 2.24) is 9.97 Å². The average Bonchev–Trinajstić information content (AvgIpc) is 3.16. The second-order valence-electron chi connectivity index (χ2n) is 6.51. The number of thiazole rings is 1. The maximum absolute atomic E-state index is 13.1. The Morgan fingerprint density at radius 2 is 2.00 bits per heavy atom. The van der Waals surface area contributed by atoms with Crippen LogP contribution < -0.4 is 9.64 Å². The number of halogens is 1. The van der Waals surface area contributed by atoms with Gasteiger partial charge in [0, 0.05) is 17.4 Å². The first-order valence-electron chi connectivity index (χ1n) is 9.04. The number of aromatic nitrogens is 2. The van der Waals surface area contributed by atoms with E-state index in [0.717, 1.165) is 21.3 Å². The standard InChI is InChI=1S/C22H18ClN3O2S/c1-15-10-17(23)11-19-21(15)25-22(29-19)26(13-16-6-5-9-24-12-16)20(27)14-28-18-7-3-2-4-8-18/h2-12H,13-14H2,1H3. The molecule has 146 valence electrons. The van der Waals surface area contributed by atoms with Crippen LogP contribution in [-0.2, 0) is 11.3 Å². The van der Waals surface area contributed by atoms with Crippen LogP contribution in [0.25, 0.3) is 10.2 Å². The van der Waals surface area contributed by atoms with Gasteiger partial charge >= 0.3 is 0 Å². The van der Waals surface area contributed by atoms with Gasteiger partial charge in [-0.15, -0.1) is 0 Å². The molecule has 0 saturated carbocycles. The van der Waals surface area contributed by atoms with Gasteiger partial charge in [-0.1, -0.05) is 47.2 Å². The highest BCUT2D eigenvalue weighted by Gasteiger charge is 2.21. The van der Waals surface area contributed by atoms with E-state index in [0.29, 0.717) is 22.4 Å². The van der Waals surface area contributed by atoms with E-state index in [1.54, 1.807) is 17.3 Å². The zero-order chi connectivity index (χ0) is 20.2. The third kappa shape index (κ3) is 4.55. The van der Waals surface area contributed by atoms with Crippen molar-refractivity contribution in [2.24, 2.45) is 0 Å². The van der Waals surface area contributed by atoms with Gasteiger partial charge in [-0.3, -0.25) is 14.7 Å². The summed E-state index contributed by atoms with van der Waals surface area (Å²) in [5.74, 6) is 0.467. The highest BCUT2D eigenvalue weighted by atomic mass is 35.5. The fraction of sp³-hybridized carbons (Fsp3) is 0.136. The average molecular weight is 424 g/mol. The minimum atomic E-state index is -0.180. The van der Waals surface area contributed by atoms with Crippen molar-refractivity contribution in [2.45, 2.75) is 13.5 Å². The molecule has 29 heavy (non-hydrogen) atoms. The molecule has 0 bridgehead atoms. The fourth-order valence-corrected chi connectivity index (χ4v) is 4.37. The Bertz CT molecular complexity index is 1130. The van der Waals surface area contributed by atoms with Gasteiger partial charge in [-0.25, -0.2) is 4.98 Å². The van der Waals surface area contributed by atoms with Crippen LogP contribution in [0, 0.1) is 6.92 Å². The molecule has 0 aliphatic rings. The molecule has 5 nitrogen and oxygen atoms in total. The fourth-order valence-electron chi connectivity index (χ4n) is 2.93. The summed E-state index contributed by atoms with van der Waals surface area (Å²) in [4.78, 5) is 23.6. The lowest BCUT2D eigenvalue weighted by Gasteiger charge is -2.20. The summed E-state index contributed by atoms with van der Waals surface area (Å²) in [6.45, 7) is 2.24. The molecule has 4 aromatic rings. The lowest BCUT2D eigenvalue weighted by atomic mass is 10.2. The molecule has 7 heteroatoms. The zero-order valence-corrected chi connectivity index (χ0v) is 17.3. The Morgan fingerprint density at radius 3 is 2.76 bits per heavy atom. The molecule has 0 radical (unpaired) electrons. The molecule has 0 fully saturated rings. The Labute approximate surface area is 177 Å². The molecule has 0 spiro atoms. The summed E-state index contributed by atoms with van der Waals surface area (Å²) in [5, 5.41) is 1.26. The first-order chi connectivity index (χ1) is 14.1. The number of carbonyl (C=O) groups is 1. The Morgan fingerprint density at radius 1 is 1.17 bits per heavy atom. The smallest absolute Gasteiger partial charge is 0.267 e. The second kappa shape index (κ2) is 8.59. The molecule has 2 heterocycles. The van der Waals surface area contributed by atoms with Gasteiger partial charge in [0.25, 0.3) is 5.91 Å². The Balaban J connectivity index is 1.64. The molecule has 0 saturated heterocycles. The van der Waals surface area contributed by atoms with Crippen LogP contribution in [0.4, 0.5) is 5.13 Å². The monoisotopic (exact) mass is 423 g/mol. The van der Waals surface area contributed by atoms with E-state index in [9.17, 15) is 4.79 Å². The predicted molar refractivity (Wildman–Crippen MR) is 117 cm³/mol. The molecule has 2 aromatic heterocycles. The minimum Gasteiger partial charge on any atom is -0.484 e. The number of benzene rings is 2. The number of amides is 1. The van der Waals surface area contributed by atoms with Gasteiger partial charge in [-0.05, 0) is 48.4 Å². The first kappa shape index (κ1) is 19.4. The lowest BCUT2D eigenvalue weighted by Crippen LogP contribution is -2.34. The number of para-hydroxylation sites is 1. The van der Waals surface area contributed by atoms with Crippen molar-refractivity contribution in [3.8, 4) is 5.75 Å². The second-order valence-corrected chi connectivity index (χ2v) is 7.95. The molecule has 2 aromatic carbocycles. The summed E-state index contributed by atoms with van der Waals surface area (Å²) >= 11 is 7.63. The van der Waals surface area contributed by atoms with Gasteiger partial charge in [-0.2, -0.15) is 0 Å². The Hall–Kier alpha value is -2.96.